The number of anilines is 1. The van der Waals surface area contributed by atoms with E-state index in [4.69, 9.17) is 0 Å². The minimum absolute atomic E-state index is 0.911. The highest BCUT2D eigenvalue weighted by Crippen LogP contribution is 2.19. The van der Waals surface area contributed by atoms with Crippen LogP contribution in [0.5, 0.6) is 0 Å². The van der Waals surface area contributed by atoms with E-state index < -0.39 is 0 Å². The molecule has 1 aliphatic heterocycles. The first kappa shape index (κ1) is 11.7. The molecule has 2 nitrogen and oxygen atoms in total. The quantitative estimate of drug-likeness (QED) is 0.825. The van der Waals surface area contributed by atoms with Crippen LogP contribution in [0.3, 0.4) is 0 Å². The predicted octanol–water partition coefficient (Wildman–Crippen LogP) is 3.58. The first-order valence-electron chi connectivity index (χ1n) is 6.50. The second kappa shape index (κ2) is 5.53. The Kier molecular flexibility index (Phi) is 3.41. The topological polar surface area (TPSA) is 16.1 Å². The van der Waals surface area contributed by atoms with Crippen molar-refractivity contribution in [3.63, 3.8) is 0 Å². The first-order chi connectivity index (χ1) is 9.42. The highest BCUT2D eigenvalue weighted by Gasteiger charge is 2.10. The van der Waals surface area contributed by atoms with E-state index in [1.807, 2.05) is 24.4 Å². The lowest BCUT2D eigenvalue weighted by Crippen LogP contribution is -2.22. The molecule has 94 valence electrons. The zero-order valence-electron chi connectivity index (χ0n) is 10.7. The SMILES string of the molecule is C1=CN(c2ccccc2)CC(Cc2ccccn2)=C1. The molecule has 2 aromatic rings. The summed E-state index contributed by atoms with van der Waals surface area (Å²) in [6, 6.07) is 16.5. The number of hydrogen-bond acceptors (Lipinski definition) is 2. The lowest BCUT2D eigenvalue weighted by Gasteiger charge is -2.24. The molecule has 0 atom stereocenters. The number of aromatic nitrogens is 1. The zero-order chi connectivity index (χ0) is 12.9. The first-order valence-corrected chi connectivity index (χ1v) is 6.50. The van der Waals surface area contributed by atoms with Crippen LogP contribution in [-0.2, 0) is 6.42 Å². The van der Waals surface area contributed by atoms with Crippen LogP contribution in [0.15, 0.2) is 78.7 Å². The largest absolute Gasteiger partial charge is 0.344 e. The van der Waals surface area contributed by atoms with Crippen LogP contribution in [0.4, 0.5) is 5.69 Å². The molecule has 0 spiro atoms. The minimum atomic E-state index is 0.911. The molecular formula is C17H16N2. The third-order valence-electron chi connectivity index (χ3n) is 3.19. The van der Waals surface area contributed by atoms with E-state index in [2.05, 4.69) is 58.6 Å². The molecule has 19 heavy (non-hydrogen) atoms. The summed E-state index contributed by atoms with van der Waals surface area (Å²) in [4.78, 5) is 6.65. The second-order valence-electron chi connectivity index (χ2n) is 4.63. The van der Waals surface area contributed by atoms with Crippen molar-refractivity contribution in [1.29, 1.82) is 0 Å². The van der Waals surface area contributed by atoms with Gasteiger partial charge in [-0.1, -0.05) is 30.3 Å². The number of nitrogens with zero attached hydrogens (tertiary/aromatic N) is 2. The van der Waals surface area contributed by atoms with Crippen molar-refractivity contribution in [3.05, 3.63) is 84.3 Å². The summed E-state index contributed by atoms with van der Waals surface area (Å²) >= 11 is 0. The molecule has 1 aliphatic rings. The number of para-hydroxylation sites is 1. The molecule has 1 aromatic heterocycles. The Labute approximate surface area is 113 Å². The molecule has 0 bridgehead atoms. The van der Waals surface area contributed by atoms with Crippen LogP contribution in [0.25, 0.3) is 0 Å². The average Bonchev–Trinajstić information content (AvgIpc) is 2.49. The summed E-state index contributed by atoms with van der Waals surface area (Å²) in [6.07, 6.45) is 9.18. The van der Waals surface area contributed by atoms with Gasteiger partial charge in [0.15, 0.2) is 0 Å². The van der Waals surface area contributed by atoms with Crippen LogP contribution < -0.4 is 4.90 Å². The Morgan fingerprint density at radius 2 is 1.84 bits per heavy atom. The highest BCUT2D eigenvalue weighted by molar-refractivity contribution is 5.52. The summed E-state index contributed by atoms with van der Waals surface area (Å²) < 4.78 is 0. The Morgan fingerprint density at radius 3 is 2.63 bits per heavy atom. The molecule has 0 fully saturated rings. The van der Waals surface area contributed by atoms with Crippen LogP contribution in [0.2, 0.25) is 0 Å². The van der Waals surface area contributed by atoms with Crippen molar-refractivity contribution in [2.24, 2.45) is 0 Å². The van der Waals surface area contributed by atoms with Gasteiger partial charge in [-0.3, -0.25) is 4.98 Å². The normalized spacial score (nSPS) is 14.3. The average molecular weight is 248 g/mol. The van der Waals surface area contributed by atoms with E-state index in [9.17, 15) is 0 Å². The maximum atomic E-state index is 4.39. The predicted molar refractivity (Wildman–Crippen MR) is 79.0 cm³/mol. The fourth-order valence-corrected chi connectivity index (χ4v) is 2.25. The summed E-state index contributed by atoms with van der Waals surface area (Å²) in [5, 5.41) is 0. The zero-order valence-corrected chi connectivity index (χ0v) is 10.7. The van der Waals surface area contributed by atoms with E-state index in [-0.39, 0.29) is 0 Å². The van der Waals surface area contributed by atoms with E-state index in [1.165, 1.54) is 11.3 Å². The summed E-state index contributed by atoms with van der Waals surface area (Å²) in [7, 11) is 0. The van der Waals surface area contributed by atoms with Gasteiger partial charge in [-0.2, -0.15) is 0 Å². The van der Waals surface area contributed by atoms with Gasteiger partial charge in [0.05, 0.1) is 0 Å². The molecule has 0 N–H and O–H groups in total. The standard InChI is InChI=1S/C17H16N2/c1-2-9-17(10-3-1)19-12-6-7-15(14-19)13-16-8-4-5-11-18-16/h1-12H,13-14H2. The van der Waals surface area contributed by atoms with Crippen molar-refractivity contribution in [3.8, 4) is 0 Å². The van der Waals surface area contributed by atoms with Crippen LogP contribution in [0.1, 0.15) is 5.69 Å². The number of allylic oxidation sites excluding steroid dienone is 2. The summed E-state index contributed by atoms with van der Waals surface area (Å²) in [5.41, 5.74) is 3.73. The summed E-state index contributed by atoms with van der Waals surface area (Å²) in [6.45, 7) is 0.928. The van der Waals surface area contributed by atoms with Crippen LogP contribution in [-0.4, -0.2) is 11.5 Å². The Bertz CT molecular complexity index is 585. The van der Waals surface area contributed by atoms with Crippen molar-refractivity contribution < 1.29 is 0 Å². The Hall–Kier alpha value is -2.35. The fourth-order valence-electron chi connectivity index (χ4n) is 2.25. The highest BCUT2D eigenvalue weighted by atomic mass is 15.1. The third kappa shape index (κ3) is 2.91. The van der Waals surface area contributed by atoms with Gasteiger partial charge >= 0.3 is 0 Å². The third-order valence-corrected chi connectivity index (χ3v) is 3.19. The molecule has 1 aromatic carbocycles. The van der Waals surface area contributed by atoms with Gasteiger partial charge in [0.25, 0.3) is 0 Å². The smallest absolute Gasteiger partial charge is 0.0444 e. The van der Waals surface area contributed by atoms with E-state index in [0.29, 0.717) is 0 Å². The molecule has 3 rings (SSSR count). The molecular weight excluding hydrogens is 232 g/mol. The molecule has 0 saturated carbocycles. The van der Waals surface area contributed by atoms with E-state index in [1.54, 1.807) is 0 Å². The van der Waals surface area contributed by atoms with Crippen LogP contribution >= 0.6 is 0 Å². The van der Waals surface area contributed by atoms with Crippen molar-refractivity contribution in [2.75, 3.05) is 11.4 Å². The van der Waals surface area contributed by atoms with Gasteiger partial charge in [0, 0.05) is 36.7 Å². The van der Waals surface area contributed by atoms with Crippen molar-refractivity contribution in [1.82, 2.24) is 4.98 Å². The lowest BCUT2D eigenvalue weighted by molar-refractivity contribution is 0.936. The van der Waals surface area contributed by atoms with Gasteiger partial charge in [-0.05, 0) is 35.9 Å². The van der Waals surface area contributed by atoms with Crippen molar-refractivity contribution >= 4 is 5.69 Å². The van der Waals surface area contributed by atoms with Gasteiger partial charge in [0.2, 0.25) is 0 Å². The van der Waals surface area contributed by atoms with Gasteiger partial charge in [-0.15, -0.1) is 0 Å². The molecule has 2 heteroatoms. The Balaban J connectivity index is 1.72. The van der Waals surface area contributed by atoms with Gasteiger partial charge in [-0.25, -0.2) is 0 Å². The molecule has 0 unspecified atom stereocenters. The van der Waals surface area contributed by atoms with Gasteiger partial charge in [0.1, 0.15) is 0 Å². The number of hydrogen-bond donors (Lipinski definition) is 0. The number of rotatable bonds is 3. The fraction of sp³-hybridized carbons (Fsp3) is 0.118. The van der Waals surface area contributed by atoms with E-state index >= 15 is 0 Å². The monoisotopic (exact) mass is 248 g/mol. The molecule has 0 aliphatic carbocycles. The molecule has 0 radical (unpaired) electrons. The summed E-state index contributed by atoms with van der Waals surface area (Å²) in [5.74, 6) is 0. The molecule has 0 saturated heterocycles. The number of benzene rings is 1. The maximum absolute atomic E-state index is 4.39. The van der Waals surface area contributed by atoms with Crippen LogP contribution in [0, 0.1) is 0 Å². The lowest BCUT2D eigenvalue weighted by atomic mass is 10.1. The molecule has 0 amide bonds. The molecule has 2 heterocycles. The number of pyridine rings is 1. The van der Waals surface area contributed by atoms with Crippen molar-refractivity contribution in [2.45, 2.75) is 6.42 Å². The van der Waals surface area contributed by atoms with E-state index in [0.717, 1.165) is 18.7 Å². The minimum Gasteiger partial charge on any atom is -0.344 e. The maximum Gasteiger partial charge on any atom is 0.0444 e. The second-order valence-corrected chi connectivity index (χ2v) is 4.63. The Morgan fingerprint density at radius 1 is 1.00 bits per heavy atom. The van der Waals surface area contributed by atoms with Gasteiger partial charge < -0.3 is 4.90 Å².